The van der Waals surface area contributed by atoms with E-state index in [4.69, 9.17) is 11.6 Å². The Balaban J connectivity index is 1.81. The van der Waals surface area contributed by atoms with Crippen molar-refractivity contribution in [2.45, 2.75) is 26.2 Å². The third-order valence-electron chi connectivity index (χ3n) is 4.18. The Morgan fingerprint density at radius 2 is 2.23 bits per heavy atom. The van der Waals surface area contributed by atoms with Gasteiger partial charge in [-0.25, -0.2) is 9.97 Å². The van der Waals surface area contributed by atoms with Crippen molar-refractivity contribution < 1.29 is 0 Å². The van der Waals surface area contributed by atoms with Crippen molar-refractivity contribution in [1.29, 1.82) is 0 Å². The zero-order valence-electron chi connectivity index (χ0n) is 12.3. The summed E-state index contributed by atoms with van der Waals surface area (Å²) >= 11 is 7.88. The number of thiophene rings is 1. The normalized spacial score (nSPS) is 17.5. The predicted octanol–water partition coefficient (Wildman–Crippen LogP) is 5.21. The Labute approximate surface area is 138 Å². The summed E-state index contributed by atoms with van der Waals surface area (Å²) in [6.45, 7) is 2.32. The molecule has 22 heavy (non-hydrogen) atoms. The quantitative estimate of drug-likeness (QED) is 0.701. The van der Waals surface area contributed by atoms with Crippen LogP contribution in [0.3, 0.4) is 0 Å². The van der Waals surface area contributed by atoms with Crippen LogP contribution >= 0.6 is 22.9 Å². The average molecular weight is 330 g/mol. The summed E-state index contributed by atoms with van der Waals surface area (Å²) in [4.78, 5) is 11.5. The van der Waals surface area contributed by atoms with Gasteiger partial charge in [0, 0.05) is 15.6 Å². The van der Waals surface area contributed by atoms with Crippen molar-refractivity contribution in [1.82, 2.24) is 9.97 Å². The lowest BCUT2D eigenvalue weighted by atomic mass is 9.89. The Kier molecular flexibility index (Phi) is 3.51. The number of aromatic nitrogens is 2. The van der Waals surface area contributed by atoms with Crippen LogP contribution in [0.5, 0.6) is 0 Å². The second kappa shape index (κ2) is 5.52. The van der Waals surface area contributed by atoms with Gasteiger partial charge < -0.3 is 5.32 Å². The lowest BCUT2D eigenvalue weighted by Gasteiger charge is -2.18. The molecule has 1 atom stereocenters. The third kappa shape index (κ3) is 2.46. The van der Waals surface area contributed by atoms with E-state index in [1.165, 1.54) is 22.2 Å². The smallest absolute Gasteiger partial charge is 0.142 e. The molecular weight excluding hydrogens is 314 g/mol. The number of benzene rings is 1. The highest BCUT2D eigenvalue weighted by atomic mass is 35.5. The third-order valence-corrected chi connectivity index (χ3v) is 5.58. The highest BCUT2D eigenvalue weighted by molar-refractivity contribution is 7.19. The first kappa shape index (κ1) is 14.0. The van der Waals surface area contributed by atoms with E-state index in [1.807, 2.05) is 35.6 Å². The molecule has 0 saturated heterocycles. The molecule has 0 radical (unpaired) electrons. The van der Waals surface area contributed by atoms with Gasteiger partial charge in [-0.15, -0.1) is 11.3 Å². The number of aryl methyl sites for hydroxylation is 1. The number of fused-ring (bicyclic) bond motifs is 3. The Hall–Kier alpha value is -1.65. The van der Waals surface area contributed by atoms with Gasteiger partial charge in [0.25, 0.3) is 0 Å². The minimum atomic E-state index is 0.719. The fourth-order valence-electron chi connectivity index (χ4n) is 3.07. The fraction of sp³-hybridized carbons (Fsp3) is 0.294. The van der Waals surface area contributed by atoms with Crippen LogP contribution in [0, 0.1) is 5.92 Å². The fourth-order valence-corrected chi connectivity index (χ4v) is 4.61. The number of nitrogens with one attached hydrogen (secondary N) is 1. The second-order valence-corrected chi connectivity index (χ2v) is 7.41. The summed E-state index contributed by atoms with van der Waals surface area (Å²) in [6, 6.07) is 7.72. The predicted molar refractivity (Wildman–Crippen MR) is 93.3 cm³/mol. The lowest BCUT2D eigenvalue weighted by Crippen LogP contribution is -2.09. The molecule has 0 spiro atoms. The molecule has 2 aromatic heterocycles. The van der Waals surface area contributed by atoms with Crippen LogP contribution in [0.4, 0.5) is 11.5 Å². The highest BCUT2D eigenvalue weighted by Gasteiger charge is 2.23. The molecule has 1 aliphatic carbocycles. The molecular formula is C17H16ClN3S. The maximum absolute atomic E-state index is 6.07. The molecule has 0 bridgehead atoms. The first-order valence-electron chi connectivity index (χ1n) is 7.48. The standard InChI is InChI=1S/C17H16ClN3S/c1-10-5-6-13-14(7-10)22-17-15(13)16(19-9-20-17)21-12-4-2-3-11(18)8-12/h2-4,8-10H,5-7H2,1H3,(H,19,20,21). The van der Waals surface area contributed by atoms with Crippen LogP contribution in [0.1, 0.15) is 23.8 Å². The minimum Gasteiger partial charge on any atom is -0.340 e. The molecule has 1 aliphatic rings. The minimum absolute atomic E-state index is 0.719. The molecule has 4 rings (SSSR count). The van der Waals surface area contributed by atoms with Crippen molar-refractivity contribution in [3.05, 3.63) is 46.1 Å². The summed E-state index contributed by atoms with van der Waals surface area (Å²) in [5.74, 6) is 1.65. The number of rotatable bonds is 2. The molecule has 3 aromatic rings. The molecule has 1 aromatic carbocycles. The van der Waals surface area contributed by atoms with E-state index in [-0.39, 0.29) is 0 Å². The van der Waals surface area contributed by atoms with Gasteiger partial charge in [-0.2, -0.15) is 0 Å². The Morgan fingerprint density at radius 1 is 1.32 bits per heavy atom. The molecule has 112 valence electrons. The molecule has 0 aliphatic heterocycles. The van der Waals surface area contributed by atoms with Crippen LogP contribution in [-0.4, -0.2) is 9.97 Å². The van der Waals surface area contributed by atoms with Crippen molar-refractivity contribution in [3.8, 4) is 0 Å². The van der Waals surface area contributed by atoms with Crippen LogP contribution < -0.4 is 5.32 Å². The van der Waals surface area contributed by atoms with E-state index in [0.717, 1.165) is 40.1 Å². The Morgan fingerprint density at radius 3 is 3.09 bits per heavy atom. The zero-order chi connectivity index (χ0) is 15.1. The van der Waals surface area contributed by atoms with Gasteiger partial charge >= 0.3 is 0 Å². The zero-order valence-corrected chi connectivity index (χ0v) is 13.8. The average Bonchev–Trinajstić information content (AvgIpc) is 2.85. The number of anilines is 2. The topological polar surface area (TPSA) is 37.8 Å². The SMILES string of the molecule is CC1CCc2c(sc3ncnc(Nc4cccc(Cl)c4)c23)C1. The molecule has 0 amide bonds. The first-order chi connectivity index (χ1) is 10.7. The van der Waals surface area contributed by atoms with Gasteiger partial charge in [0.1, 0.15) is 17.0 Å². The monoisotopic (exact) mass is 329 g/mol. The van der Waals surface area contributed by atoms with Gasteiger partial charge in [0.2, 0.25) is 0 Å². The summed E-state index contributed by atoms with van der Waals surface area (Å²) in [5.41, 5.74) is 2.39. The highest BCUT2D eigenvalue weighted by Crippen LogP contribution is 2.40. The summed E-state index contributed by atoms with van der Waals surface area (Å²) < 4.78 is 0. The van der Waals surface area contributed by atoms with Crippen LogP contribution in [0.2, 0.25) is 5.02 Å². The van der Waals surface area contributed by atoms with E-state index >= 15 is 0 Å². The van der Waals surface area contributed by atoms with Crippen LogP contribution in [-0.2, 0) is 12.8 Å². The second-order valence-electron chi connectivity index (χ2n) is 5.89. The van der Waals surface area contributed by atoms with Crippen LogP contribution in [0.25, 0.3) is 10.2 Å². The molecule has 5 heteroatoms. The van der Waals surface area contributed by atoms with E-state index in [2.05, 4.69) is 22.2 Å². The molecule has 3 nitrogen and oxygen atoms in total. The van der Waals surface area contributed by atoms with E-state index in [0.29, 0.717) is 0 Å². The van der Waals surface area contributed by atoms with Gasteiger partial charge in [-0.1, -0.05) is 24.6 Å². The molecule has 1 N–H and O–H groups in total. The van der Waals surface area contributed by atoms with E-state index < -0.39 is 0 Å². The maximum atomic E-state index is 6.07. The summed E-state index contributed by atoms with van der Waals surface area (Å²) in [7, 11) is 0. The molecule has 2 heterocycles. The van der Waals surface area contributed by atoms with Gasteiger partial charge in [-0.3, -0.25) is 0 Å². The number of hydrogen-bond acceptors (Lipinski definition) is 4. The van der Waals surface area contributed by atoms with E-state index in [1.54, 1.807) is 6.33 Å². The van der Waals surface area contributed by atoms with Gasteiger partial charge in [-0.05, 0) is 48.9 Å². The largest absolute Gasteiger partial charge is 0.340 e. The number of halogens is 1. The van der Waals surface area contributed by atoms with Crippen molar-refractivity contribution in [3.63, 3.8) is 0 Å². The molecule has 0 fully saturated rings. The summed E-state index contributed by atoms with van der Waals surface area (Å²) in [5, 5.41) is 5.31. The number of hydrogen-bond donors (Lipinski definition) is 1. The maximum Gasteiger partial charge on any atom is 0.142 e. The molecule has 1 unspecified atom stereocenters. The van der Waals surface area contributed by atoms with Crippen molar-refractivity contribution >= 4 is 44.7 Å². The van der Waals surface area contributed by atoms with Crippen molar-refractivity contribution in [2.24, 2.45) is 5.92 Å². The number of nitrogens with zero attached hydrogens (tertiary/aromatic N) is 2. The van der Waals surface area contributed by atoms with E-state index in [9.17, 15) is 0 Å². The summed E-state index contributed by atoms with van der Waals surface area (Å²) in [6.07, 6.45) is 5.16. The van der Waals surface area contributed by atoms with Crippen LogP contribution in [0.15, 0.2) is 30.6 Å². The van der Waals surface area contributed by atoms with Gasteiger partial charge in [0.05, 0.1) is 5.39 Å². The first-order valence-corrected chi connectivity index (χ1v) is 8.68. The molecule has 0 saturated carbocycles. The Bertz CT molecular complexity index is 843. The van der Waals surface area contributed by atoms with Gasteiger partial charge in [0.15, 0.2) is 0 Å². The lowest BCUT2D eigenvalue weighted by molar-refractivity contribution is 0.509. The van der Waals surface area contributed by atoms with Crippen molar-refractivity contribution in [2.75, 3.05) is 5.32 Å².